The van der Waals surface area contributed by atoms with Crippen LogP contribution in [-0.2, 0) is 0 Å². The molecule has 0 saturated carbocycles. The summed E-state index contributed by atoms with van der Waals surface area (Å²) >= 11 is 0. The van der Waals surface area contributed by atoms with Gasteiger partial charge in [-0.2, -0.15) is 0 Å². The fourth-order valence-electron chi connectivity index (χ4n) is 2.31. The van der Waals surface area contributed by atoms with E-state index in [9.17, 15) is 9.90 Å². The van der Waals surface area contributed by atoms with Crippen LogP contribution in [0.2, 0.25) is 0 Å². The van der Waals surface area contributed by atoms with Gasteiger partial charge in [0.25, 0.3) is 0 Å². The van der Waals surface area contributed by atoms with E-state index in [1.54, 1.807) is 24.4 Å². The molecule has 0 saturated heterocycles. The van der Waals surface area contributed by atoms with Crippen molar-refractivity contribution in [3.05, 3.63) is 36.0 Å². The third kappa shape index (κ3) is 3.77. The second kappa shape index (κ2) is 7.58. The van der Waals surface area contributed by atoms with E-state index in [-0.39, 0.29) is 5.56 Å². The number of anilines is 1. The van der Waals surface area contributed by atoms with Gasteiger partial charge < -0.3 is 14.7 Å². The number of aromatic carboxylic acids is 1. The van der Waals surface area contributed by atoms with Gasteiger partial charge in [0.1, 0.15) is 11.3 Å². The zero-order chi connectivity index (χ0) is 16.8. The Hall–Kier alpha value is -2.63. The fourth-order valence-corrected chi connectivity index (χ4v) is 2.31. The predicted octanol–water partition coefficient (Wildman–Crippen LogP) is 3.09. The number of carboxylic acids is 1. The van der Waals surface area contributed by atoms with E-state index in [0.29, 0.717) is 24.0 Å². The van der Waals surface area contributed by atoms with Gasteiger partial charge in [-0.1, -0.05) is 0 Å². The van der Waals surface area contributed by atoms with Gasteiger partial charge in [0.15, 0.2) is 0 Å². The number of nitrogens with zero attached hydrogens (tertiary/aromatic N) is 3. The third-order valence-corrected chi connectivity index (χ3v) is 3.49. The maximum Gasteiger partial charge on any atom is 0.339 e. The number of benzene rings is 1. The lowest BCUT2D eigenvalue weighted by Crippen LogP contribution is -2.24. The minimum Gasteiger partial charge on any atom is -0.493 e. The molecule has 0 bridgehead atoms. The summed E-state index contributed by atoms with van der Waals surface area (Å²) in [6.07, 6.45) is 1.69. The SMILES string of the molecule is CCOc1ccc(-c2ccnc(N(CC)CC)n2)cc1C(=O)O. The Bertz CT molecular complexity index is 685. The standard InChI is InChI=1S/C17H21N3O3/c1-4-20(5-2)17-18-10-9-14(19-17)12-7-8-15(23-6-3)13(11-12)16(21)22/h7-11H,4-6H2,1-3H3,(H,21,22). The van der Waals surface area contributed by atoms with Crippen molar-refractivity contribution in [2.24, 2.45) is 0 Å². The fraction of sp³-hybridized carbons (Fsp3) is 0.353. The van der Waals surface area contributed by atoms with Crippen LogP contribution in [0.3, 0.4) is 0 Å². The van der Waals surface area contributed by atoms with Crippen molar-refractivity contribution in [2.75, 3.05) is 24.6 Å². The Morgan fingerprint density at radius 3 is 2.57 bits per heavy atom. The molecule has 0 aliphatic carbocycles. The average Bonchev–Trinajstić information content (AvgIpc) is 2.57. The Balaban J connectivity index is 2.44. The predicted molar refractivity (Wildman–Crippen MR) is 89.2 cm³/mol. The summed E-state index contributed by atoms with van der Waals surface area (Å²) in [6.45, 7) is 7.94. The summed E-state index contributed by atoms with van der Waals surface area (Å²) in [4.78, 5) is 22.3. The zero-order valence-electron chi connectivity index (χ0n) is 13.6. The van der Waals surface area contributed by atoms with Gasteiger partial charge in [-0.25, -0.2) is 14.8 Å². The number of hydrogen-bond acceptors (Lipinski definition) is 5. The number of carboxylic acid groups (broad SMARTS) is 1. The largest absolute Gasteiger partial charge is 0.493 e. The lowest BCUT2D eigenvalue weighted by molar-refractivity contribution is 0.0692. The number of ether oxygens (including phenoxy) is 1. The van der Waals surface area contributed by atoms with Crippen molar-refractivity contribution in [2.45, 2.75) is 20.8 Å². The first-order valence-electron chi connectivity index (χ1n) is 7.69. The van der Waals surface area contributed by atoms with Gasteiger partial charge in [-0.15, -0.1) is 0 Å². The second-order valence-electron chi connectivity index (χ2n) is 4.86. The highest BCUT2D eigenvalue weighted by atomic mass is 16.5. The van der Waals surface area contributed by atoms with E-state index in [1.807, 2.05) is 31.7 Å². The molecule has 0 radical (unpaired) electrons. The van der Waals surface area contributed by atoms with E-state index in [0.717, 1.165) is 18.7 Å². The van der Waals surface area contributed by atoms with E-state index in [1.165, 1.54) is 0 Å². The molecule has 2 rings (SSSR count). The van der Waals surface area contributed by atoms with Crippen LogP contribution in [0.5, 0.6) is 5.75 Å². The highest BCUT2D eigenvalue weighted by Crippen LogP contribution is 2.26. The molecule has 1 N–H and O–H groups in total. The summed E-state index contributed by atoms with van der Waals surface area (Å²) in [5.41, 5.74) is 1.54. The van der Waals surface area contributed by atoms with Crippen molar-refractivity contribution in [1.82, 2.24) is 9.97 Å². The molecule has 0 amide bonds. The minimum atomic E-state index is -1.02. The van der Waals surface area contributed by atoms with Gasteiger partial charge >= 0.3 is 5.97 Å². The molecule has 0 atom stereocenters. The van der Waals surface area contributed by atoms with Crippen molar-refractivity contribution in [3.63, 3.8) is 0 Å². The second-order valence-corrected chi connectivity index (χ2v) is 4.86. The van der Waals surface area contributed by atoms with Crippen LogP contribution < -0.4 is 9.64 Å². The molecule has 1 aromatic carbocycles. The number of carbonyl (C=O) groups is 1. The van der Waals surface area contributed by atoms with E-state index in [4.69, 9.17) is 4.74 Å². The maximum atomic E-state index is 11.4. The Labute approximate surface area is 135 Å². The number of rotatable bonds is 7. The molecule has 6 heteroatoms. The molecule has 122 valence electrons. The summed E-state index contributed by atoms with van der Waals surface area (Å²) in [7, 11) is 0. The first kappa shape index (κ1) is 16.7. The van der Waals surface area contributed by atoms with Crippen LogP contribution in [0.1, 0.15) is 31.1 Å². The molecule has 0 spiro atoms. The highest BCUT2D eigenvalue weighted by molar-refractivity contribution is 5.92. The molecule has 23 heavy (non-hydrogen) atoms. The summed E-state index contributed by atoms with van der Waals surface area (Å²) in [5, 5.41) is 9.36. The molecule has 0 aliphatic heterocycles. The molecular formula is C17H21N3O3. The van der Waals surface area contributed by atoms with Crippen LogP contribution in [0, 0.1) is 0 Å². The molecular weight excluding hydrogens is 294 g/mol. The normalized spacial score (nSPS) is 10.4. The van der Waals surface area contributed by atoms with Crippen LogP contribution in [0.4, 0.5) is 5.95 Å². The summed E-state index contributed by atoms with van der Waals surface area (Å²) in [6, 6.07) is 6.84. The van der Waals surface area contributed by atoms with Crippen molar-refractivity contribution in [1.29, 1.82) is 0 Å². The molecule has 6 nitrogen and oxygen atoms in total. The molecule has 1 heterocycles. The van der Waals surface area contributed by atoms with E-state index < -0.39 is 5.97 Å². The van der Waals surface area contributed by atoms with Crippen LogP contribution in [-0.4, -0.2) is 40.7 Å². The monoisotopic (exact) mass is 315 g/mol. The lowest BCUT2D eigenvalue weighted by Gasteiger charge is -2.18. The molecule has 2 aromatic rings. The van der Waals surface area contributed by atoms with E-state index >= 15 is 0 Å². The molecule has 0 unspecified atom stereocenters. The van der Waals surface area contributed by atoms with Crippen LogP contribution in [0.25, 0.3) is 11.3 Å². The van der Waals surface area contributed by atoms with Gasteiger partial charge in [0.2, 0.25) is 5.95 Å². The smallest absolute Gasteiger partial charge is 0.339 e. The first-order valence-corrected chi connectivity index (χ1v) is 7.69. The lowest BCUT2D eigenvalue weighted by atomic mass is 10.1. The van der Waals surface area contributed by atoms with Gasteiger partial charge in [-0.05, 0) is 45.0 Å². The average molecular weight is 315 g/mol. The molecule has 1 aromatic heterocycles. The Morgan fingerprint density at radius 1 is 1.22 bits per heavy atom. The number of aromatic nitrogens is 2. The molecule has 0 aliphatic rings. The van der Waals surface area contributed by atoms with Crippen molar-refractivity contribution in [3.8, 4) is 17.0 Å². The highest BCUT2D eigenvalue weighted by Gasteiger charge is 2.14. The van der Waals surface area contributed by atoms with Crippen molar-refractivity contribution < 1.29 is 14.6 Å². The topological polar surface area (TPSA) is 75.5 Å². The van der Waals surface area contributed by atoms with Crippen LogP contribution in [0.15, 0.2) is 30.5 Å². The minimum absolute atomic E-state index is 0.132. The van der Waals surface area contributed by atoms with Crippen molar-refractivity contribution >= 4 is 11.9 Å². The van der Waals surface area contributed by atoms with Gasteiger partial charge in [0, 0.05) is 24.8 Å². The Morgan fingerprint density at radius 2 is 1.96 bits per heavy atom. The van der Waals surface area contributed by atoms with Gasteiger partial charge in [-0.3, -0.25) is 0 Å². The summed E-state index contributed by atoms with van der Waals surface area (Å²) in [5.74, 6) is -0.0200. The van der Waals surface area contributed by atoms with Gasteiger partial charge in [0.05, 0.1) is 12.3 Å². The maximum absolute atomic E-state index is 11.4. The summed E-state index contributed by atoms with van der Waals surface area (Å²) < 4.78 is 5.36. The van der Waals surface area contributed by atoms with Crippen LogP contribution >= 0.6 is 0 Å². The van der Waals surface area contributed by atoms with E-state index in [2.05, 4.69) is 9.97 Å². The quantitative estimate of drug-likeness (QED) is 0.846. The number of hydrogen-bond donors (Lipinski definition) is 1. The molecule has 0 fully saturated rings. The third-order valence-electron chi connectivity index (χ3n) is 3.49. The zero-order valence-corrected chi connectivity index (χ0v) is 13.6. The first-order chi connectivity index (χ1) is 11.1. The Kier molecular flexibility index (Phi) is 5.51.